The number of ether oxygens (including phenoxy) is 1. The zero-order chi connectivity index (χ0) is 30.5. The number of morpholine rings is 1. The molecular formula is C28H24ClF2N5O5S2. The first-order chi connectivity index (χ1) is 20.4. The molecule has 2 heterocycles. The van der Waals surface area contributed by atoms with Crippen LogP contribution in [-0.2, 0) is 37.6 Å². The zero-order valence-electron chi connectivity index (χ0n) is 22.3. The fourth-order valence-electron chi connectivity index (χ4n) is 5.20. The Hall–Kier alpha value is -3.69. The number of nitrogens with one attached hydrogen (secondary N) is 1. The molecule has 1 aromatic heterocycles. The van der Waals surface area contributed by atoms with E-state index in [1.54, 1.807) is 18.2 Å². The summed E-state index contributed by atoms with van der Waals surface area (Å²) in [6.07, 6.45) is 1.02. The summed E-state index contributed by atoms with van der Waals surface area (Å²) in [5, 5.41) is 0.0730. The monoisotopic (exact) mass is 647 g/mol. The number of hydrogen-bond donors (Lipinski definition) is 2. The van der Waals surface area contributed by atoms with E-state index in [4.69, 9.17) is 22.1 Å². The van der Waals surface area contributed by atoms with Crippen LogP contribution in [0.1, 0.15) is 11.3 Å². The molecule has 1 saturated heterocycles. The normalized spacial score (nSPS) is 15.5. The third kappa shape index (κ3) is 5.56. The van der Waals surface area contributed by atoms with Crippen LogP contribution in [0.15, 0.2) is 64.4 Å². The molecular weight excluding hydrogens is 624 g/mol. The van der Waals surface area contributed by atoms with Gasteiger partial charge in [0.1, 0.15) is 16.5 Å². The molecule has 3 N–H and O–H groups in total. The molecule has 10 nitrogen and oxygen atoms in total. The van der Waals surface area contributed by atoms with E-state index in [1.807, 2.05) is 0 Å². The summed E-state index contributed by atoms with van der Waals surface area (Å²) in [7, 11) is -8.20. The third-order valence-electron chi connectivity index (χ3n) is 7.26. The number of hydrogen-bond acceptors (Lipinski definition) is 8. The maximum absolute atomic E-state index is 14.3. The molecule has 3 aromatic carbocycles. The van der Waals surface area contributed by atoms with Crippen molar-refractivity contribution in [3.05, 3.63) is 82.5 Å². The van der Waals surface area contributed by atoms with Crippen LogP contribution >= 0.6 is 11.6 Å². The number of nitrogens with zero attached hydrogens (tertiary/aromatic N) is 3. The molecule has 1 aliphatic carbocycles. The summed E-state index contributed by atoms with van der Waals surface area (Å²) in [4.78, 5) is 8.24. The molecule has 0 saturated carbocycles. The minimum atomic E-state index is -4.48. The van der Waals surface area contributed by atoms with Crippen LogP contribution in [0.2, 0.25) is 5.02 Å². The van der Waals surface area contributed by atoms with Gasteiger partial charge in [-0.25, -0.2) is 35.6 Å². The van der Waals surface area contributed by atoms with E-state index in [0.717, 1.165) is 17.7 Å². The third-order valence-corrected chi connectivity index (χ3v) is 10.9. The number of benzene rings is 3. The Morgan fingerprint density at radius 3 is 2.35 bits per heavy atom. The van der Waals surface area contributed by atoms with Crippen LogP contribution in [0.3, 0.4) is 0 Å². The summed E-state index contributed by atoms with van der Waals surface area (Å²) in [6.45, 7) is 1.17. The van der Waals surface area contributed by atoms with Crippen molar-refractivity contribution in [1.29, 1.82) is 0 Å². The lowest BCUT2D eigenvalue weighted by atomic mass is 9.86. The molecule has 43 heavy (non-hydrogen) atoms. The summed E-state index contributed by atoms with van der Waals surface area (Å²) in [5.74, 6) is -2.15. The number of halogens is 3. The van der Waals surface area contributed by atoms with Gasteiger partial charge in [0, 0.05) is 30.3 Å². The van der Waals surface area contributed by atoms with E-state index in [1.165, 1.54) is 22.5 Å². The van der Waals surface area contributed by atoms with Crippen LogP contribution in [0.25, 0.3) is 22.4 Å². The molecule has 0 unspecified atom stereocenters. The quantitative estimate of drug-likeness (QED) is 0.316. The Balaban J connectivity index is 1.41. The van der Waals surface area contributed by atoms with Crippen molar-refractivity contribution in [3.8, 4) is 22.4 Å². The highest BCUT2D eigenvalue weighted by molar-refractivity contribution is 7.92. The highest BCUT2D eigenvalue weighted by Gasteiger charge is 2.29. The van der Waals surface area contributed by atoms with Gasteiger partial charge >= 0.3 is 0 Å². The number of nitrogen functional groups attached to an aromatic ring is 1. The standard InChI is InChI=1S/C28H24ClF2N5O5S2/c29-21-13-17-3-7-23-26(20(17)15-24(21)35-42(37,38)25-8-4-18(30)14-22(25)31)27(34-28(32)33-23)16-1-5-19(6-2-16)43(39,40)36-9-11-41-12-10-36/h1-2,4-6,8,13-15,35H,3,7,9-12H2,(H2,32,33,34). The molecule has 0 amide bonds. The van der Waals surface area contributed by atoms with Gasteiger partial charge in [-0.15, -0.1) is 0 Å². The van der Waals surface area contributed by atoms with Crippen molar-refractivity contribution in [2.24, 2.45) is 0 Å². The number of sulfonamides is 2. The number of nitrogens with two attached hydrogens (primary N) is 1. The Morgan fingerprint density at radius 2 is 1.65 bits per heavy atom. The van der Waals surface area contributed by atoms with Gasteiger partial charge in [-0.1, -0.05) is 23.7 Å². The van der Waals surface area contributed by atoms with Crippen molar-refractivity contribution >= 4 is 43.3 Å². The topological polar surface area (TPSA) is 145 Å². The van der Waals surface area contributed by atoms with Gasteiger partial charge in [-0.05, 0) is 60.4 Å². The molecule has 1 aliphatic heterocycles. The van der Waals surface area contributed by atoms with Crippen molar-refractivity contribution in [2.75, 3.05) is 36.8 Å². The zero-order valence-corrected chi connectivity index (χ0v) is 24.7. The second kappa shape index (κ2) is 11.1. The minimum Gasteiger partial charge on any atom is -0.379 e. The number of fused-ring (bicyclic) bond motifs is 3. The first-order valence-electron chi connectivity index (χ1n) is 13.1. The summed E-state index contributed by atoms with van der Waals surface area (Å²) in [5.41, 5.74) is 9.54. The molecule has 6 rings (SSSR count). The Labute approximate surface area is 251 Å². The second-order valence-corrected chi connectivity index (χ2v) is 14.0. The average molecular weight is 648 g/mol. The van der Waals surface area contributed by atoms with Gasteiger partial charge < -0.3 is 10.5 Å². The van der Waals surface area contributed by atoms with Gasteiger partial charge in [0.15, 0.2) is 0 Å². The van der Waals surface area contributed by atoms with Crippen molar-refractivity contribution < 1.29 is 30.4 Å². The average Bonchev–Trinajstić information content (AvgIpc) is 2.97. The number of aryl methyl sites for hydroxylation is 2. The van der Waals surface area contributed by atoms with Gasteiger partial charge in [0.2, 0.25) is 16.0 Å². The van der Waals surface area contributed by atoms with E-state index in [2.05, 4.69) is 14.7 Å². The lowest BCUT2D eigenvalue weighted by Crippen LogP contribution is -2.40. The van der Waals surface area contributed by atoms with E-state index < -0.39 is 36.6 Å². The highest BCUT2D eigenvalue weighted by atomic mass is 35.5. The Morgan fingerprint density at radius 1 is 0.930 bits per heavy atom. The molecule has 0 spiro atoms. The Bertz CT molecular complexity index is 1970. The van der Waals surface area contributed by atoms with E-state index in [9.17, 15) is 25.6 Å². The van der Waals surface area contributed by atoms with Crippen LogP contribution in [-0.4, -0.2) is 57.4 Å². The van der Waals surface area contributed by atoms with Crippen molar-refractivity contribution in [2.45, 2.75) is 22.6 Å². The van der Waals surface area contributed by atoms with Crippen LogP contribution < -0.4 is 10.5 Å². The largest absolute Gasteiger partial charge is 0.379 e. The second-order valence-electron chi connectivity index (χ2n) is 9.96. The lowest BCUT2D eigenvalue weighted by Gasteiger charge is -2.26. The summed E-state index contributed by atoms with van der Waals surface area (Å²) < 4.78 is 89.0. The smallest absolute Gasteiger partial charge is 0.264 e. The Kier molecular flexibility index (Phi) is 7.59. The van der Waals surface area contributed by atoms with Crippen molar-refractivity contribution in [3.63, 3.8) is 0 Å². The number of anilines is 2. The highest BCUT2D eigenvalue weighted by Crippen LogP contribution is 2.43. The fourth-order valence-corrected chi connectivity index (χ4v) is 8.03. The van der Waals surface area contributed by atoms with Crippen molar-refractivity contribution in [1.82, 2.24) is 14.3 Å². The van der Waals surface area contributed by atoms with Crippen LogP contribution in [0.4, 0.5) is 20.4 Å². The number of rotatable bonds is 6. The predicted molar refractivity (Wildman–Crippen MR) is 156 cm³/mol. The maximum Gasteiger partial charge on any atom is 0.264 e. The van der Waals surface area contributed by atoms with Gasteiger partial charge in [0.05, 0.1) is 40.2 Å². The minimum absolute atomic E-state index is 0.0175. The molecule has 15 heteroatoms. The van der Waals surface area contributed by atoms with Gasteiger partial charge in [-0.2, -0.15) is 4.31 Å². The number of aromatic nitrogens is 2. The van der Waals surface area contributed by atoms with Crippen LogP contribution in [0.5, 0.6) is 0 Å². The van der Waals surface area contributed by atoms with Crippen LogP contribution in [0, 0.1) is 11.6 Å². The lowest BCUT2D eigenvalue weighted by molar-refractivity contribution is 0.0730. The molecule has 0 atom stereocenters. The molecule has 2 aliphatic rings. The predicted octanol–water partition coefficient (Wildman–Crippen LogP) is 4.24. The SMILES string of the molecule is Nc1nc2c(c(-c3ccc(S(=O)(=O)N4CCOCC4)cc3)n1)-c1cc(NS(=O)(=O)c3ccc(F)cc3F)c(Cl)cc1CC2. The molecule has 4 aromatic rings. The van der Waals surface area contributed by atoms with Gasteiger partial charge in [0.25, 0.3) is 10.0 Å². The summed E-state index contributed by atoms with van der Waals surface area (Å²) in [6, 6.07) is 11.5. The first-order valence-corrected chi connectivity index (χ1v) is 16.4. The molecule has 1 fully saturated rings. The molecule has 0 bridgehead atoms. The van der Waals surface area contributed by atoms with Gasteiger partial charge in [-0.3, -0.25) is 4.72 Å². The molecule has 0 radical (unpaired) electrons. The van der Waals surface area contributed by atoms with E-state index in [-0.39, 0.29) is 34.6 Å². The first kappa shape index (κ1) is 29.4. The molecule has 224 valence electrons. The maximum atomic E-state index is 14.3. The van der Waals surface area contributed by atoms with E-state index in [0.29, 0.717) is 60.2 Å². The fraction of sp³-hybridized carbons (Fsp3) is 0.214. The van der Waals surface area contributed by atoms with E-state index >= 15 is 0 Å². The summed E-state index contributed by atoms with van der Waals surface area (Å²) >= 11 is 6.45.